The summed E-state index contributed by atoms with van der Waals surface area (Å²) in [5, 5.41) is 10.5. The molecule has 0 saturated carbocycles. The van der Waals surface area contributed by atoms with E-state index < -0.39 is 18.0 Å². The van der Waals surface area contributed by atoms with Gasteiger partial charge in [0.2, 0.25) is 0 Å². The van der Waals surface area contributed by atoms with Crippen LogP contribution in [0.5, 0.6) is 11.5 Å². The maximum absolute atomic E-state index is 11.9. The molecule has 0 aliphatic carbocycles. The molecule has 0 aliphatic rings. The van der Waals surface area contributed by atoms with E-state index in [1.807, 2.05) is 6.92 Å². The molecule has 1 N–H and O–H groups in total. The first kappa shape index (κ1) is 17.3. The van der Waals surface area contributed by atoms with Gasteiger partial charge in [0.05, 0.1) is 33.4 Å². The molecule has 118 valence electrons. The molecule has 1 aromatic carbocycles. The summed E-state index contributed by atoms with van der Waals surface area (Å²) in [6.45, 7) is 2.04. The summed E-state index contributed by atoms with van der Waals surface area (Å²) in [4.78, 5) is 11.9. The van der Waals surface area contributed by atoms with Crippen LogP contribution in [0, 0.1) is 5.92 Å². The summed E-state index contributed by atoms with van der Waals surface area (Å²) < 4.78 is 15.2. The Balaban J connectivity index is 3.06. The Labute approximate surface area is 125 Å². The van der Waals surface area contributed by atoms with Crippen LogP contribution in [0.25, 0.3) is 0 Å². The second kappa shape index (κ2) is 8.52. The Morgan fingerprint density at radius 1 is 1.14 bits per heavy atom. The molecule has 21 heavy (non-hydrogen) atoms. The van der Waals surface area contributed by atoms with Crippen molar-refractivity contribution in [2.24, 2.45) is 5.92 Å². The van der Waals surface area contributed by atoms with Crippen molar-refractivity contribution >= 4 is 5.97 Å². The van der Waals surface area contributed by atoms with Gasteiger partial charge < -0.3 is 19.3 Å². The Morgan fingerprint density at radius 2 is 1.71 bits per heavy atom. The average Bonchev–Trinajstić information content (AvgIpc) is 2.53. The third-order valence-corrected chi connectivity index (χ3v) is 3.47. The van der Waals surface area contributed by atoms with Crippen molar-refractivity contribution in [3.05, 3.63) is 23.8 Å². The quantitative estimate of drug-likeness (QED) is 0.747. The number of aliphatic hydroxyl groups is 1. The molecule has 0 aromatic heterocycles. The molecule has 0 amide bonds. The number of carbonyl (C=O) groups excluding carboxylic acids is 1. The van der Waals surface area contributed by atoms with Gasteiger partial charge in [0.15, 0.2) is 0 Å². The highest BCUT2D eigenvalue weighted by Gasteiger charge is 2.29. The summed E-state index contributed by atoms with van der Waals surface area (Å²) in [5.41, 5.74) is 0.581. The van der Waals surface area contributed by atoms with Crippen molar-refractivity contribution < 1.29 is 24.1 Å². The Morgan fingerprint density at radius 3 is 2.14 bits per heavy atom. The third-order valence-electron chi connectivity index (χ3n) is 3.47. The van der Waals surface area contributed by atoms with Gasteiger partial charge in [0.25, 0.3) is 0 Å². The number of methoxy groups -OCH3 is 3. The molecule has 5 nitrogen and oxygen atoms in total. The van der Waals surface area contributed by atoms with Gasteiger partial charge in [-0.1, -0.05) is 19.8 Å². The van der Waals surface area contributed by atoms with E-state index in [2.05, 4.69) is 0 Å². The van der Waals surface area contributed by atoms with Gasteiger partial charge in [0.1, 0.15) is 11.5 Å². The zero-order valence-electron chi connectivity index (χ0n) is 13.1. The molecular weight excluding hydrogens is 272 g/mol. The summed E-state index contributed by atoms with van der Waals surface area (Å²) in [5.74, 6) is 0.148. The first-order valence-corrected chi connectivity index (χ1v) is 7.06. The zero-order chi connectivity index (χ0) is 15.8. The van der Waals surface area contributed by atoms with E-state index >= 15 is 0 Å². The lowest BCUT2D eigenvalue weighted by atomic mass is 9.91. The van der Waals surface area contributed by atoms with Gasteiger partial charge in [-0.2, -0.15) is 0 Å². The monoisotopic (exact) mass is 296 g/mol. The second-order valence-corrected chi connectivity index (χ2v) is 4.86. The number of rotatable bonds is 8. The summed E-state index contributed by atoms with van der Waals surface area (Å²) in [6.07, 6.45) is 1.41. The van der Waals surface area contributed by atoms with Crippen molar-refractivity contribution in [2.75, 3.05) is 21.3 Å². The highest BCUT2D eigenvalue weighted by atomic mass is 16.5. The van der Waals surface area contributed by atoms with Gasteiger partial charge in [-0.15, -0.1) is 0 Å². The molecule has 0 bridgehead atoms. The van der Waals surface area contributed by atoms with Gasteiger partial charge in [-0.05, 0) is 24.1 Å². The largest absolute Gasteiger partial charge is 0.497 e. The molecule has 0 fully saturated rings. The molecule has 1 aromatic rings. The summed E-state index contributed by atoms with van der Waals surface area (Å²) >= 11 is 0. The molecule has 5 heteroatoms. The summed E-state index contributed by atoms with van der Waals surface area (Å²) in [7, 11) is 4.42. The molecule has 0 heterocycles. The number of ether oxygens (including phenoxy) is 3. The minimum Gasteiger partial charge on any atom is -0.497 e. The van der Waals surface area contributed by atoms with Crippen molar-refractivity contribution in [2.45, 2.75) is 32.3 Å². The normalized spacial score (nSPS) is 13.4. The second-order valence-electron chi connectivity index (χ2n) is 4.86. The van der Waals surface area contributed by atoms with E-state index in [1.54, 1.807) is 32.4 Å². The van der Waals surface area contributed by atoms with E-state index in [4.69, 9.17) is 14.2 Å². The number of hydrogen-bond donors (Lipinski definition) is 1. The van der Waals surface area contributed by atoms with Crippen LogP contribution in [0.2, 0.25) is 0 Å². The lowest BCUT2D eigenvalue weighted by molar-refractivity contribution is -0.150. The van der Waals surface area contributed by atoms with E-state index in [0.717, 1.165) is 12.8 Å². The number of carbonyl (C=O) groups is 1. The average molecular weight is 296 g/mol. The fourth-order valence-electron chi connectivity index (χ4n) is 2.21. The van der Waals surface area contributed by atoms with Gasteiger partial charge >= 0.3 is 5.97 Å². The molecule has 2 atom stereocenters. The van der Waals surface area contributed by atoms with Crippen LogP contribution in [0.1, 0.15) is 37.9 Å². The van der Waals surface area contributed by atoms with Crippen LogP contribution in [0.3, 0.4) is 0 Å². The van der Waals surface area contributed by atoms with Crippen LogP contribution in [-0.2, 0) is 9.53 Å². The number of esters is 1. The highest BCUT2D eigenvalue weighted by molar-refractivity contribution is 5.73. The number of hydrogen-bond acceptors (Lipinski definition) is 5. The fraction of sp³-hybridized carbons (Fsp3) is 0.562. The van der Waals surface area contributed by atoms with E-state index in [1.165, 1.54) is 7.11 Å². The van der Waals surface area contributed by atoms with Crippen LogP contribution in [0.15, 0.2) is 18.2 Å². The van der Waals surface area contributed by atoms with Crippen LogP contribution < -0.4 is 9.47 Å². The van der Waals surface area contributed by atoms with Crippen molar-refractivity contribution in [1.29, 1.82) is 0 Å². The van der Waals surface area contributed by atoms with Crippen molar-refractivity contribution in [1.82, 2.24) is 0 Å². The van der Waals surface area contributed by atoms with Gasteiger partial charge in [-0.25, -0.2) is 0 Å². The minimum absolute atomic E-state index is 0.405. The van der Waals surface area contributed by atoms with E-state index in [-0.39, 0.29) is 0 Å². The fourth-order valence-corrected chi connectivity index (χ4v) is 2.21. The topological polar surface area (TPSA) is 65.0 Å². The Hall–Kier alpha value is -1.75. The molecule has 2 unspecified atom stereocenters. The smallest absolute Gasteiger partial charge is 0.311 e. The van der Waals surface area contributed by atoms with E-state index in [9.17, 15) is 9.90 Å². The molecule has 0 saturated heterocycles. The Kier molecular flexibility index (Phi) is 7.02. The molecule has 0 spiro atoms. The van der Waals surface area contributed by atoms with E-state index in [0.29, 0.717) is 23.5 Å². The van der Waals surface area contributed by atoms with Gasteiger partial charge in [0, 0.05) is 6.07 Å². The number of aliphatic hydroxyl groups excluding tert-OH is 1. The molecule has 0 radical (unpaired) electrons. The molecule has 1 rings (SSSR count). The lowest BCUT2D eigenvalue weighted by Gasteiger charge is -2.22. The van der Waals surface area contributed by atoms with Crippen LogP contribution in [-0.4, -0.2) is 32.4 Å². The van der Waals surface area contributed by atoms with Crippen molar-refractivity contribution in [3.8, 4) is 11.5 Å². The highest BCUT2D eigenvalue weighted by Crippen LogP contribution is 2.32. The SMILES string of the molecule is CCCCC(C(=O)OC)C(O)c1cc(OC)cc(OC)c1. The number of benzene rings is 1. The first-order chi connectivity index (χ1) is 10.1. The zero-order valence-corrected chi connectivity index (χ0v) is 13.1. The van der Waals surface area contributed by atoms with Crippen LogP contribution >= 0.6 is 0 Å². The first-order valence-electron chi connectivity index (χ1n) is 7.06. The van der Waals surface area contributed by atoms with Crippen molar-refractivity contribution in [3.63, 3.8) is 0 Å². The maximum Gasteiger partial charge on any atom is 0.311 e. The predicted octanol–water partition coefficient (Wildman–Crippen LogP) is 2.72. The minimum atomic E-state index is -0.951. The maximum atomic E-state index is 11.9. The van der Waals surface area contributed by atoms with Gasteiger partial charge in [-0.3, -0.25) is 4.79 Å². The summed E-state index contributed by atoms with van der Waals surface area (Å²) in [6, 6.07) is 5.12. The predicted molar refractivity (Wildman–Crippen MR) is 79.5 cm³/mol. The number of unbranched alkanes of at least 4 members (excludes halogenated alkanes) is 1. The molecule has 0 aliphatic heterocycles. The lowest BCUT2D eigenvalue weighted by Crippen LogP contribution is -2.23. The standard InChI is InChI=1S/C16H24O5/c1-5-6-7-14(16(18)21-4)15(17)11-8-12(19-2)10-13(9-11)20-3/h8-10,14-15,17H,5-7H2,1-4H3. The Bertz CT molecular complexity index is 436. The third kappa shape index (κ3) is 4.63. The van der Waals surface area contributed by atoms with Crippen LogP contribution in [0.4, 0.5) is 0 Å². The molecular formula is C16H24O5.